The van der Waals surface area contributed by atoms with E-state index in [4.69, 9.17) is 37.9 Å². The van der Waals surface area contributed by atoms with E-state index in [0.717, 1.165) is 38.8 Å². The number of urea groups is 1. The highest BCUT2D eigenvalue weighted by Crippen LogP contribution is 2.49. The van der Waals surface area contributed by atoms with Gasteiger partial charge in [-0.2, -0.15) is 0 Å². The predicted octanol–water partition coefficient (Wildman–Crippen LogP) is 4.06. The molecular formula is C38H65N3O9. The number of rotatable bonds is 28. The second-order valence-corrected chi connectivity index (χ2v) is 13.9. The molecule has 1 saturated heterocycles. The summed E-state index contributed by atoms with van der Waals surface area (Å²) in [6, 6.07) is 11.1. The zero-order chi connectivity index (χ0) is 35.3. The molecule has 50 heavy (non-hydrogen) atoms. The van der Waals surface area contributed by atoms with E-state index in [-0.39, 0.29) is 17.1 Å². The Labute approximate surface area is 300 Å². The van der Waals surface area contributed by atoms with Crippen LogP contribution in [0.3, 0.4) is 0 Å². The molecule has 3 aliphatic rings. The van der Waals surface area contributed by atoms with Gasteiger partial charge >= 0.3 is 6.03 Å². The fourth-order valence-electron chi connectivity index (χ4n) is 7.30. The van der Waals surface area contributed by atoms with E-state index in [1.54, 1.807) is 7.11 Å². The largest absolute Gasteiger partial charge is 0.382 e. The summed E-state index contributed by atoms with van der Waals surface area (Å²) >= 11 is 0. The third-order valence-electron chi connectivity index (χ3n) is 10.6. The summed E-state index contributed by atoms with van der Waals surface area (Å²) in [5.41, 5.74) is 1.31. The molecule has 4 rings (SSSR count). The molecule has 3 fully saturated rings. The third kappa shape index (κ3) is 12.7. The van der Waals surface area contributed by atoms with Crippen LogP contribution < -0.4 is 0 Å². The van der Waals surface area contributed by atoms with Gasteiger partial charge in [-0.15, -0.1) is 0 Å². The van der Waals surface area contributed by atoms with Crippen LogP contribution >= 0.6 is 0 Å². The molecule has 12 heteroatoms. The molecule has 1 spiro atoms. The van der Waals surface area contributed by atoms with Gasteiger partial charge in [-0.05, 0) is 64.1 Å². The van der Waals surface area contributed by atoms with E-state index in [1.807, 2.05) is 4.90 Å². The summed E-state index contributed by atoms with van der Waals surface area (Å²) in [6.07, 6.45) is 7.93. The molecule has 2 saturated carbocycles. The number of hydrogen-bond acceptors (Lipinski definition) is 10. The van der Waals surface area contributed by atoms with Gasteiger partial charge in [0.05, 0.1) is 105 Å². The van der Waals surface area contributed by atoms with E-state index in [1.165, 1.54) is 24.8 Å². The molecule has 286 valence electrons. The first-order chi connectivity index (χ1) is 24.5. The summed E-state index contributed by atoms with van der Waals surface area (Å²) in [6.45, 7) is 10.3. The minimum atomic E-state index is -0.0846. The van der Waals surface area contributed by atoms with Crippen molar-refractivity contribution in [2.75, 3.05) is 140 Å². The highest BCUT2D eigenvalue weighted by atomic mass is 16.6. The van der Waals surface area contributed by atoms with Crippen molar-refractivity contribution in [3.8, 4) is 0 Å². The maximum atomic E-state index is 13.8. The molecule has 2 aliphatic carbocycles. The highest BCUT2D eigenvalue weighted by Gasteiger charge is 2.54. The van der Waals surface area contributed by atoms with Crippen molar-refractivity contribution in [1.29, 1.82) is 0 Å². The van der Waals surface area contributed by atoms with Crippen molar-refractivity contribution in [1.82, 2.24) is 14.7 Å². The second kappa shape index (κ2) is 22.9. The fraction of sp³-hybridized carbons (Fsp3) is 0.816. The number of hydrogen-bond donors (Lipinski definition) is 0. The smallest absolute Gasteiger partial charge is 0.320 e. The van der Waals surface area contributed by atoms with Crippen LogP contribution in [0.4, 0.5) is 4.79 Å². The van der Waals surface area contributed by atoms with Crippen molar-refractivity contribution >= 4 is 6.03 Å². The first-order valence-corrected chi connectivity index (χ1v) is 18.8. The van der Waals surface area contributed by atoms with Crippen molar-refractivity contribution in [3.05, 3.63) is 35.9 Å². The van der Waals surface area contributed by atoms with Crippen molar-refractivity contribution in [3.63, 3.8) is 0 Å². The summed E-state index contributed by atoms with van der Waals surface area (Å²) in [4.78, 5) is 20.5. The Hall–Kier alpha value is -1.87. The maximum Gasteiger partial charge on any atom is 0.320 e. The van der Waals surface area contributed by atoms with Gasteiger partial charge in [0, 0.05) is 32.3 Å². The lowest BCUT2D eigenvalue weighted by Gasteiger charge is -2.51. The minimum Gasteiger partial charge on any atom is -0.382 e. The third-order valence-corrected chi connectivity index (χ3v) is 10.6. The Kier molecular flexibility index (Phi) is 18.8. The predicted molar refractivity (Wildman–Crippen MR) is 192 cm³/mol. The first-order valence-electron chi connectivity index (χ1n) is 18.8. The molecule has 0 aromatic heterocycles. The summed E-state index contributed by atoms with van der Waals surface area (Å²) in [5.74, 6) is 0.648. The molecular weight excluding hydrogens is 642 g/mol. The molecule has 0 bridgehead atoms. The average molecular weight is 708 g/mol. The Balaban J connectivity index is 1.01. The Morgan fingerprint density at radius 2 is 1.12 bits per heavy atom. The number of amides is 2. The van der Waals surface area contributed by atoms with Gasteiger partial charge in [0.1, 0.15) is 0 Å². The van der Waals surface area contributed by atoms with Crippen LogP contribution in [0.5, 0.6) is 0 Å². The topological polar surface area (TPSA) is 101 Å². The first kappa shape index (κ1) is 40.9. The van der Waals surface area contributed by atoms with Gasteiger partial charge in [-0.3, -0.25) is 4.90 Å². The van der Waals surface area contributed by atoms with Gasteiger partial charge in [0.2, 0.25) is 0 Å². The standard InChI is InChI=1S/C38H65N3O9/c1-39(2)38(35-10-5-4-6-11-35)14-12-37(13-15-38)33-40(36(42)41(37)32-34-8-7-9-34)16-17-44-20-21-46-24-25-48-28-29-50-31-30-49-27-26-47-23-22-45-19-18-43-3/h4-6,10-11,34H,7-9,12-33H2,1-3H3. The van der Waals surface area contributed by atoms with Crippen molar-refractivity contribution < 1.29 is 42.7 Å². The van der Waals surface area contributed by atoms with Crippen molar-refractivity contribution in [2.24, 2.45) is 5.92 Å². The number of carbonyl (C=O) groups excluding carboxylic acids is 1. The maximum absolute atomic E-state index is 13.8. The van der Waals surface area contributed by atoms with Crippen LogP contribution in [0.25, 0.3) is 0 Å². The minimum absolute atomic E-state index is 0.0138. The van der Waals surface area contributed by atoms with Gasteiger partial charge in [0.25, 0.3) is 0 Å². The van der Waals surface area contributed by atoms with E-state index in [2.05, 4.69) is 54.2 Å². The van der Waals surface area contributed by atoms with E-state index >= 15 is 0 Å². The molecule has 0 atom stereocenters. The SMILES string of the molecule is COCCOCCOCCOCCOCCOCCOCCOCCN1CC2(CCC(c3ccccc3)(N(C)C)CC2)N(CC2CCC2)C1=O. The quantitative estimate of drug-likeness (QED) is 0.119. The van der Waals surface area contributed by atoms with Crippen molar-refractivity contribution in [2.45, 2.75) is 56.0 Å². The molecule has 0 N–H and O–H groups in total. The van der Waals surface area contributed by atoms with E-state index in [0.29, 0.717) is 112 Å². The molecule has 1 aliphatic heterocycles. The zero-order valence-electron chi connectivity index (χ0n) is 31.2. The van der Waals surface area contributed by atoms with Gasteiger partial charge < -0.3 is 47.7 Å². The summed E-state index contributed by atoms with van der Waals surface area (Å²) in [7, 11) is 6.06. The van der Waals surface area contributed by atoms with Crippen LogP contribution in [0.2, 0.25) is 0 Å². The van der Waals surface area contributed by atoms with Crippen LogP contribution in [0.1, 0.15) is 50.5 Å². The Bertz CT molecular complexity index is 1040. The van der Waals surface area contributed by atoms with Gasteiger partial charge in [-0.1, -0.05) is 36.8 Å². The Morgan fingerprint density at radius 1 is 0.660 bits per heavy atom. The van der Waals surface area contributed by atoms with Gasteiger partial charge in [0.15, 0.2) is 0 Å². The number of carbonyl (C=O) groups is 1. The van der Waals surface area contributed by atoms with E-state index in [9.17, 15) is 4.79 Å². The molecule has 0 unspecified atom stereocenters. The van der Waals surface area contributed by atoms with Crippen LogP contribution in [-0.4, -0.2) is 166 Å². The zero-order valence-corrected chi connectivity index (χ0v) is 31.2. The fourth-order valence-corrected chi connectivity index (χ4v) is 7.30. The average Bonchev–Trinajstić information content (AvgIpc) is 3.36. The van der Waals surface area contributed by atoms with Crippen LogP contribution in [0.15, 0.2) is 30.3 Å². The normalized spacial score (nSPS) is 22.7. The Morgan fingerprint density at radius 3 is 1.54 bits per heavy atom. The molecule has 12 nitrogen and oxygen atoms in total. The lowest BCUT2D eigenvalue weighted by atomic mass is 9.68. The van der Waals surface area contributed by atoms with Crippen LogP contribution in [-0.2, 0) is 43.4 Å². The molecule has 0 radical (unpaired) electrons. The van der Waals surface area contributed by atoms with Gasteiger partial charge in [-0.25, -0.2) is 4.79 Å². The molecule has 2 amide bonds. The molecule has 1 heterocycles. The molecule has 1 aromatic carbocycles. The summed E-state index contributed by atoms with van der Waals surface area (Å²) < 4.78 is 43.8. The number of nitrogens with zero attached hydrogens (tertiary/aromatic N) is 3. The number of benzene rings is 1. The highest BCUT2D eigenvalue weighted by molar-refractivity contribution is 5.78. The number of methoxy groups -OCH3 is 1. The second-order valence-electron chi connectivity index (χ2n) is 13.9. The lowest BCUT2D eigenvalue weighted by molar-refractivity contribution is -0.0223. The van der Waals surface area contributed by atoms with E-state index < -0.39 is 0 Å². The number of ether oxygens (including phenoxy) is 8. The molecule has 1 aromatic rings. The van der Waals surface area contributed by atoms with Crippen LogP contribution in [0, 0.1) is 5.92 Å². The monoisotopic (exact) mass is 707 g/mol. The summed E-state index contributed by atoms with van der Waals surface area (Å²) in [5, 5.41) is 0. The lowest BCUT2D eigenvalue weighted by Crippen LogP contribution is -2.56.